The fraction of sp³-hybridized carbons (Fsp3) is 0.938. The second kappa shape index (κ2) is 12.2. The standard InChI is InChI=1S/C32H57N3O3/c1-20(2)33-16-17-34-24-12-14-31(5)23(18-24)19-28(35-22(4)36)30-26-10-9-25(21(3)8-11-29(37)38-7)32(26,6)15-13-27(30)31/h20-21,23-28,30,33-34H,8-19H2,1-7H3,(H,35,36)/t21-,23-,24?,25-,26?,27?,28-,30?,31+,32-/m1/s1. The largest absolute Gasteiger partial charge is 0.469 e. The van der Waals surface area contributed by atoms with Gasteiger partial charge in [0.15, 0.2) is 0 Å². The summed E-state index contributed by atoms with van der Waals surface area (Å²) in [5, 5.41) is 10.9. The van der Waals surface area contributed by atoms with Gasteiger partial charge in [0.1, 0.15) is 0 Å². The fourth-order valence-corrected chi connectivity index (χ4v) is 10.1. The van der Waals surface area contributed by atoms with Crippen LogP contribution in [-0.4, -0.2) is 50.2 Å². The highest BCUT2D eigenvalue weighted by atomic mass is 16.5. The number of methoxy groups -OCH3 is 1. The molecule has 0 heterocycles. The van der Waals surface area contributed by atoms with E-state index in [4.69, 9.17) is 4.74 Å². The third-order valence-electron chi connectivity index (χ3n) is 12.0. The molecule has 0 aromatic heterocycles. The number of amides is 1. The maximum Gasteiger partial charge on any atom is 0.305 e. The van der Waals surface area contributed by atoms with Gasteiger partial charge in [-0.05, 0) is 104 Å². The lowest BCUT2D eigenvalue weighted by Crippen LogP contribution is -2.62. The van der Waals surface area contributed by atoms with Crippen molar-refractivity contribution in [3.8, 4) is 0 Å². The molecule has 38 heavy (non-hydrogen) atoms. The third kappa shape index (κ3) is 5.96. The number of carbonyl (C=O) groups is 2. The lowest BCUT2D eigenvalue weighted by Gasteiger charge is -2.63. The van der Waals surface area contributed by atoms with Crippen molar-refractivity contribution >= 4 is 11.9 Å². The first kappa shape index (κ1) is 29.8. The molecule has 4 unspecified atom stereocenters. The first-order chi connectivity index (χ1) is 18.0. The molecule has 0 aromatic rings. The molecule has 6 heteroatoms. The van der Waals surface area contributed by atoms with Crippen molar-refractivity contribution in [3.63, 3.8) is 0 Å². The predicted octanol–water partition coefficient (Wildman–Crippen LogP) is 5.31. The van der Waals surface area contributed by atoms with Crippen molar-refractivity contribution in [3.05, 3.63) is 0 Å². The molecule has 4 aliphatic carbocycles. The Balaban J connectivity index is 1.49. The molecule has 4 saturated carbocycles. The Hall–Kier alpha value is -1.14. The van der Waals surface area contributed by atoms with Gasteiger partial charge in [0.05, 0.1) is 7.11 Å². The monoisotopic (exact) mass is 531 g/mol. The number of rotatable bonds is 10. The molecule has 1 amide bonds. The van der Waals surface area contributed by atoms with Gasteiger partial charge in [0, 0.05) is 44.6 Å². The van der Waals surface area contributed by atoms with E-state index in [1.165, 1.54) is 52.1 Å². The van der Waals surface area contributed by atoms with Crippen LogP contribution < -0.4 is 16.0 Å². The first-order valence-corrected chi connectivity index (χ1v) is 15.8. The Morgan fingerprint density at radius 2 is 1.66 bits per heavy atom. The zero-order valence-electron chi connectivity index (χ0n) is 25.4. The molecule has 0 saturated heterocycles. The molecule has 10 atom stereocenters. The van der Waals surface area contributed by atoms with E-state index in [2.05, 4.69) is 50.6 Å². The number of fused-ring (bicyclic) bond motifs is 5. The second-order valence-electron chi connectivity index (χ2n) is 14.4. The molecule has 0 spiro atoms. The van der Waals surface area contributed by atoms with Crippen molar-refractivity contribution in [2.75, 3.05) is 20.2 Å². The van der Waals surface area contributed by atoms with Crippen LogP contribution in [0, 0.1) is 46.3 Å². The van der Waals surface area contributed by atoms with Crippen molar-refractivity contribution in [2.45, 2.75) is 124 Å². The van der Waals surface area contributed by atoms with E-state index in [1.807, 2.05) is 0 Å². The molecule has 0 radical (unpaired) electrons. The van der Waals surface area contributed by atoms with Gasteiger partial charge in [-0.15, -0.1) is 0 Å². The van der Waals surface area contributed by atoms with E-state index in [9.17, 15) is 9.59 Å². The van der Waals surface area contributed by atoms with Crippen LogP contribution in [0.3, 0.4) is 0 Å². The van der Waals surface area contributed by atoms with Crippen LogP contribution in [0.25, 0.3) is 0 Å². The first-order valence-electron chi connectivity index (χ1n) is 15.8. The maximum absolute atomic E-state index is 12.5. The molecule has 0 aliphatic heterocycles. The van der Waals surface area contributed by atoms with Crippen molar-refractivity contribution in [2.24, 2.45) is 46.3 Å². The Labute approximate surface area is 232 Å². The zero-order chi connectivity index (χ0) is 27.7. The Morgan fingerprint density at radius 1 is 0.947 bits per heavy atom. The fourth-order valence-electron chi connectivity index (χ4n) is 10.1. The topological polar surface area (TPSA) is 79.5 Å². The van der Waals surface area contributed by atoms with Crippen LogP contribution in [-0.2, 0) is 14.3 Å². The lowest BCUT2D eigenvalue weighted by atomic mass is 9.43. The molecule has 4 aliphatic rings. The number of ether oxygens (including phenoxy) is 1. The molecule has 4 fully saturated rings. The normalized spacial score (nSPS) is 41.1. The van der Waals surface area contributed by atoms with E-state index >= 15 is 0 Å². The van der Waals surface area contributed by atoms with E-state index in [0.717, 1.165) is 25.9 Å². The quantitative estimate of drug-likeness (QED) is 0.263. The number of carbonyl (C=O) groups excluding carboxylic acids is 2. The van der Waals surface area contributed by atoms with E-state index in [-0.39, 0.29) is 11.9 Å². The molecule has 0 bridgehead atoms. The summed E-state index contributed by atoms with van der Waals surface area (Å²) in [6.45, 7) is 15.7. The predicted molar refractivity (Wildman–Crippen MR) is 154 cm³/mol. The van der Waals surface area contributed by atoms with Crippen molar-refractivity contribution < 1.29 is 14.3 Å². The van der Waals surface area contributed by atoms with Gasteiger partial charge in [-0.25, -0.2) is 0 Å². The smallest absolute Gasteiger partial charge is 0.305 e. The summed E-state index contributed by atoms with van der Waals surface area (Å²) >= 11 is 0. The number of hydrogen-bond donors (Lipinski definition) is 3. The van der Waals surface area contributed by atoms with Gasteiger partial charge in [0.2, 0.25) is 5.91 Å². The van der Waals surface area contributed by atoms with Crippen molar-refractivity contribution in [1.29, 1.82) is 0 Å². The van der Waals surface area contributed by atoms with Crippen LogP contribution in [0.4, 0.5) is 0 Å². The molecule has 6 nitrogen and oxygen atoms in total. The summed E-state index contributed by atoms with van der Waals surface area (Å²) in [7, 11) is 1.49. The highest BCUT2D eigenvalue weighted by Crippen LogP contribution is 2.68. The SMILES string of the molecule is COC(=O)CC[C@@H](C)[C@H]1CCC2C3C(CC[C@@]21C)[C@@]1(C)CCC(NCCNC(C)C)C[C@@H]1C[C@H]3NC(C)=O. The van der Waals surface area contributed by atoms with Gasteiger partial charge < -0.3 is 20.7 Å². The molecular weight excluding hydrogens is 474 g/mol. The van der Waals surface area contributed by atoms with Gasteiger partial charge in [-0.3, -0.25) is 9.59 Å². The minimum Gasteiger partial charge on any atom is -0.469 e. The highest BCUT2D eigenvalue weighted by Gasteiger charge is 2.63. The molecule has 218 valence electrons. The van der Waals surface area contributed by atoms with Crippen LogP contribution >= 0.6 is 0 Å². The number of nitrogens with one attached hydrogen (secondary N) is 3. The van der Waals surface area contributed by atoms with Crippen LogP contribution in [0.5, 0.6) is 0 Å². The summed E-state index contributed by atoms with van der Waals surface area (Å²) in [5.41, 5.74) is 0.683. The minimum atomic E-state index is -0.0847. The Bertz CT molecular complexity index is 833. The van der Waals surface area contributed by atoms with E-state index < -0.39 is 0 Å². The number of esters is 1. The summed E-state index contributed by atoms with van der Waals surface area (Å²) in [6.07, 6.45) is 11.5. The summed E-state index contributed by atoms with van der Waals surface area (Å²) in [5.74, 6) is 3.85. The summed E-state index contributed by atoms with van der Waals surface area (Å²) in [4.78, 5) is 24.3. The molecule has 4 rings (SSSR count). The van der Waals surface area contributed by atoms with Crippen LogP contribution in [0.15, 0.2) is 0 Å². The summed E-state index contributed by atoms with van der Waals surface area (Å²) in [6, 6.07) is 1.42. The summed E-state index contributed by atoms with van der Waals surface area (Å²) < 4.78 is 4.94. The average molecular weight is 532 g/mol. The van der Waals surface area contributed by atoms with Gasteiger partial charge in [0.25, 0.3) is 0 Å². The molecule has 3 N–H and O–H groups in total. The van der Waals surface area contributed by atoms with Gasteiger partial charge >= 0.3 is 5.97 Å². The lowest BCUT2D eigenvalue weighted by molar-refractivity contribution is -0.142. The van der Waals surface area contributed by atoms with Gasteiger partial charge in [-0.1, -0.05) is 34.6 Å². The van der Waals surface area contributed by atoms with Crippen LogP contribution in [0.1, 0.15) is 106 Å². The Morgan fingerprint density at radius 3 is 2.34 bits per heavy atom. The second-order valence-corrected chi connectivity index (χ2v) is 14.4. The van der Waals surface area contributed by atoms with Crippen molar-refractivity contribution in [1.82, 2.24) is 16.0 Å². The average Bonchev–Trinajstić information content (AvgIpc) is 3.22. The highest BCUT2D eigenvalue weighted by molar-refractivity contribution is 5.73. The molecular formula is C32H57N3O3. The zero-order valence-corrected chi connectivity index (χ0v) is 25.4. The minimum absolute atomic E-state index is 0.0847. The third-order valence-corrected chi connectivity index (χ3v) is 12.0. The number of hydrogen-bond acceptors (Lipinski definition) is 5. The van der Waals surface area contributed by atoms with E-state index in [1.54, 1.807) is 6.92 Å². The molecule has 0 aromatic carbocycles. The van der Waals surface area contributed by atoms with Crippen LogP contribution in [0.2, 0.25) is 0 Å². The van der Waals surface area contributed by atoms with Gasteiger partial charge in [-0.2, -0.15) is 0 Å². The van der Waals surface area contributed by atoms with E-state index in [0.29, 0.717) is 70.9 Å². The maximum atomic E-state index is 12.5. The Kier molecular flexibility index (Phi) is 9.55.